The van der Waals surface area contributed by atoms with Gasteiger partial charge in [0.05, 0.1) is 6.61 Å². The molecule has 0 unspecified atom stereocenters. The van der Waals surface area contributed by atoms with Gasteiger partial charge in [-0.25, -0.2) is 14.4 Å². The maximum absolute atomic E-state index is 11.6. The Morgan fingerprint density at radius 1 is 1.15 bits per heavy atom. The van der Waals surface area contributed by atoms with E-state index in [0.29, 0.717) is 12.3 Å². The number of unbranched alkanes of at least 4 members (excludes halogenated alkanes) is 1. The molecule has 0 bridgehead atoms. The highest BCUT2D eigenvalue weighted by molar-refractivity contribution is 7.99. The SMILES string of the molecule is CCCCOC(=O)N[C@@H](CSCCNC(=O)OCc1ccccc1)C(=O)O. The lowest BCUT2D eigenvalue weighted by atomic mass is 10.2. The molecule has 27 heavy (non-hydrogen) atoms. The van der Waals surface area contributed by atoms with Crippen molar-refractivity contribution in [3.05, 3.63) is 35.9 Å². The summed E-state index contributed by atoms with van der Waals surface area (Å²) in [4.78, 5) is 34.3. The summed E-state index contributed by atoms with van der Waals surface area (Å²) in [5, 5.41) is 14.1. The maximum atomic E-state index is 11.6. The van der Waals surface area contributed by atoms with Crippen LogP contribution in [0, 0.1) is 0 Å². The standard InChI is InChI=1S/C18H26N2O6S/c1-2-3-10-25-18(24)20-15(16(21)22)13-27-11-9-19-17(23)26-12-14-7-5-4-6-8-14/h4-8,15H,2-3,9-13H2,1H3,(H,19,23)(H,20,24)(H,21,22)/t15-/m0/s1. The maximum Gasteiger partial charge on any atom is 0.407 e. The van der Waals surface area contributed by atoms with E-state index in [9.17, 15) is 14.4 Å². The molecule has 8 nitrogen and oxygen atoms in total. The van der Waals surface area contributed by atoms with E-state index >= 15 is 0 Å². The Bertz CT molecular complexity index is 584. The second-order valence-electron chi connectivity index (χ2n) is 5.59. The number of thioether (sulfide) groups is 1. The number of amides is 2. The van der Waals surface area contributed by atoms with Crippen molar-refractivity contribution in [3.63, 3.8) is 0 Å². The van der Waals surface area contributed by atoms with Crippen LogP contribution >= 0.6 is 11.8 Å². The number of carbonyl (C=O) groups is 3. The Labute approximate surface area is 163 Å². The number of ether oxygens (including phenoxy) is 2. The molecule has 1 rings (SSSR count). The van der Waals surface area contributed by atoms with Gasteiger partial charge in [-0.2, -0.15) is 11.8 Å². The van der Waals surface area contributed by atoms with Gasteiger partial charge in [-0.05, 0) is 12.0 Å². The summed E-state index contributed by atoms with van der Waals surface area (Å²) >= 11 is 1.30. The second kappa shape index (κ2) is 13.7. The van der Waals surface area contributed by atoms with Crippen LogP contribution in [0.15, 0.2) is 30.3 Å². The van der Waals surface area contributed by atoms with Gasteiger partial charge in [0.25, 0.3) is 0 Å². The molecule has 0 saturated heterocycles. The topological polar surface area (TPSA) is 114 Å². The van der Waals surface area contributed by atoms with Crippen molar-refractivity contribution in [2.24, 2.45) is 0 Å². The van der Waals surface area contributed by atoms with E-state index in [0.717, 1.165) is 18.4 Å². The molecule has 3 N–H and O–H groups in total. The number of hydrogen-bond acceptors (Lipinski definition) is 6. The largest absolute Gasteiger partial charge is 0.480 e. The molecule has 0 heterocycles. The van der Waals surface area contributed by atoms with Gasteiger partial charge in [-0.3, -0.25) is 0 Å². The molecule has 0 saturated carbocycles. The molecule has 0 aliphatic carbocycles. The molecule has 0 aliphatic heterocycles. The molecule has 9 heteroatoms. The van der Waals surface area contributed by atoms with Gasteiger partial charge in [0, 0.05) is 18.1 Å². The predicted octanol–water partition coefficient (Wildman–Crippen LogP) is 2.63. The molecule has 1 atom stereocenters. The van der Waals surface area contributed by atoms with E-state index in [2.05, 4.69) is 10.6 Å². The summed E-state index contributed by atoms with van der Waals surface area (Å²) in [6.07, 6.45) is 0.337. The number of nitrogens with one attached hydrogen (secondary N) is 2. The van der Waals surface area contributed by atoms with Crippen molar-refractivity contribution >= 4 is 29.9 Å². The van der Waals surface area contributed by atoms with Crippen LogP contribution in [0.3, 0.4) is 0 Å². The Morgan fingerprint density at radius 2 is 1.89 bits per heavy atom. The van der Waals surface area contributed by atoms with Crippen LogP contribution in [0.2, 0.25) is 0 Å². The Balaban J connectivity index is 2.15. The van der Waals surface area contributed by atoms with E-state index in [1.165, 1.54) is 11.8 Å². The van der Waals surface area contributed by atoms with Crippen molar-refractivity contribution in [1.29, 1.82) is 0 Å². The van der Waals surface area contributed by atoms with Crippen LogP contribution < -0.4 is 10.6 Å². The van der Waals surface area contributed by atoms with Gasteiger partial charge in [0.2, 0.25) is 0 Å². The van der Waals surface area contributed by atoms with Gasteiger partial charge in [0.15, 0.2) is 0 Å². The number of alkyl carbamates (subject to hydrolysis) is 2. The lowest BCUT2D eigenvalue weighted by Crippen LogP contribution is -2.43. The third kappa shape index (κ3) is 11.0. The van der Waals surface area contributed by atoms with E-state index < -0.39 is 24.2 Å². The quantitative estimate of drug-likeness (QED) is 0.464. The van der Waals surface area contributed by atoms with E-state index in [-0.39, 0.29) is 19.0 Å². The fraction of sp³-hybridized carbons (Fsp3) is 0.500. The Hall–Kier alpha value is -2.42. The Morgan fingerprint density at radius 3 is 2.56 bits per heavy atom. The third-order valence-electron chi connectivity index (χ3n) is 3.33. The molecular formula is C18H26N2O6S. The van der Waals surface area contributed by atoms with Gasteiger partial charge in [0.1, 0.15) is 12.6 Å². The molecule has 1 aromatic carbocycles. The van der Waals surface area contributed by atoms with Crippen molar-refractivity contribution in [2.45, 2.75) is 32.4 Å². The lowest BCUT2D eigenvalue weighted by molar-refractivity contribution is -0.138. The molecule has 2 amide bonds. The highest BCUT2D eigenvalue weighted by Gasteiger charge is 2.20. The molecule has 0 aromatic heterocycles. The monoisotopic (exact) mass is 398 g/mol. The van der Waals surface area contributed by atoms with Crippen LogP contribution in [-0.2, 0) is 20.9 Å². The first-order chi connectivity index (χ1) is 13.0. The molecule has 0 aliphatic rings. The van der Waals surface area contributed by atoms with E-state index in [4.69, 9.17) is 14.6 Å². The summed E-state index contributed by atoms with van der Waals surface area (Å²) < 4.78 is 9.96. The zero-order valence-electron chi connectivity index (χ0n) is 15.3. The minimum atomic E-state index is -1.13. The normalized spacial score (nSPS) is 11.3. The molecule has 0 fully saturated rings. The minimum absolute atomic E-state index is 0.166. The number of hydrogen-bond donors (Lipinski definition) is 3. The van der Waals surface area contributed by atoms with Crippen molar-refractivity contribution in [1.82, 2.24) is 10.6 Å². The van der Waals surface area contributed by atoms with E-state index in [1.54, 1.807) is 0 Å². The second-order valence-corrected chi connectivity index (χ2v) is 6.74. The average Bonchev–Trinajstić information content (AvgIpc) is 2.66. The average molecular weight is 398 g/mol. The number of aliphatic carboxylic acids is 1. The van der Waals surface area contributed by atoms with Crippen LogP contribution in [0.25, 0.3) is 0 Å². The van der Waals surface area contributed by atoms with Crippen LogP contribution in [0.1, 0.15) is 25.3 Å². The first-order valence-corrected chi connectivity index (χ1v) is 9.86. The third-order valence-corrected chi connectivity index (χ3v) is 4.40. The molecule has 0 spiro atoms. The number of carboxylic acid groups (broad SMARTS) is 1. The summed E-state index contributed by atoms with van der Waals surface area (Å²) in [6, 6.07) is 8.27. The van der Waals surface area contributed by atoms with Crippen LogP contribution in [0.5, 0.6) is 0 Å². The summed E-state index contributed by atoms with van der Waals surface area (Å²) in [7, 11) is 0. The molecular weight excluding hydrogens is 372 g/mol. The number of carbonyl (C=O) groups excluding carboxylic acids is 2. The summed E-state index contributed by atoms with van der Waals surface area (Å²) in [5.41, 5.74) is 0.892. The van der Waals surface area contributed by atoms with Crippen molar-refractivity contribution in [3.8, 4) is 0 Å². The number of benzene rings is 1. The van der Waals surface area contributed by atoms with Gasteiger partial charge < -0.3 is 25.2 Å². The zero-order chi connectivity index (χ0) is 19.9. The fourth-order valence-electron chi connectivity index (χ4n) is 1.87. The van der Waals surface area contributed by atoms with Gasteiger partial charge in [-0.1, -0.05) is 43.7 Å². The Kier molecular flexibility index (Phi) is 11.5. The highest BCUT2D eigenvalue weighted by atomic mass is 32.2. The molecule has 0 radical (unpaired) electrons. The number of carboxylic acids is 1. The van der Waals surface area contributed by atoms with Gasteiger partial charge >= 0.3 is 18.2 Å². The highest BCUT2D eigenvalue weighted by Crippen LogP contribution is 2.04. The lowest BCUT2D eigenvalue weighted by Gasteiger charge is -2.14. The molecule has 150 valence electrons. The predicted molar refractivity (Wildman–Crippen MR) is 103 cm³/mol. The first kappa shape index (κ1) is 22.6. The number of rotatable bonds is 12. The van der Waals surface area contributed by atoms with Gasteiger partial charge in [-0.15, -0.1) is 0 Å². The summed E-state index contributed by atoms with van der Waals surface area (Å²) in [6.45, 7) is 2.73. The summed E-state index contributed by atoms with van der Waals surface area (Å²) in [5.74, 6) is -0.486. The van der Waals surface area contributed by atoms with Crippen molar-refractivity contribution in [2.75, 3.05) is 24.7 Å². The first-order valence-electron chi connectivity index (χ1n) is 8.71. The van der Waals surface area contributed by atoms with Crippen LogP contribution in [-0.4, -0.2) is 54.0 Å². The smallest absolute Gasteiger partial charge is 0.407 e. The minimum Gasteiger partial charge on any atom is -0.480 e. The van der Waals surface area contributed by atoms with Crippen molar-refractivity contribution < 1.29 is 29.0 Å². The van der Waals surface area contributed by atoms with E-state index in [1.807, 2.05) is 37.3 Å². The fourth-order valence-corrected chi connectivity index (χ4v) is 2.74. The zero-order valence-corrected chi connectivity index (χ0v) is 16.1. The molecule has 1 aromatic rings. The van der Waals surface area contributed by atoms with Crippen LogP contribution in [0.4, 0.5) is 9.59 Å².